The van der Waals surface area contributed by atoms with Crippen LogP contribution in [0.4, 0.5) is 4.39 Å². The van der Waals surface area contributed by atoms with Crippen molar-refractivity contribution in [3.05, 3.63) is 44.6 Å². The van der Waals surface area contributed by atoms with Crippen LogP contribution in [0, 0.1) is 5.82 Å². The van der Waals surface area contributed by atoms with Crippen molar-refractivity contribution in [1.29, 1.82) is 0 Å². The minimum absolute atomic E-state index is 0.292. The molecule has 0 saturated carbocycles. The zero-order valence-corrected chi connectivity index (χ0v) is 12.1. The van der Waals surface area contributed by atoms with Crippen molar-refractivity contribution < 1.29 is 9.13 Å². The van der Waals surface area contributed by atoms with E-state index in [0.717, 1.165) is 17.2 Å². The normalized spacial score (nSPS) is 10.6. The Morgan fingerprint density at radius 2 is 2.33 bits per heavy atom. The average molecular weight is 331 g/mol. The Morgan fingerprint density at radius 3 is 3.06 bits per heavy atom. The van der Waals surface area contributed by atoms with Crippen molar-refractivity contribution in [2.75, 3.05) is 7.05 Å². The van der Waals surface area contributed by atoms with E-state index in [0.29, 0.717) is 16.8 Å². The second-order valence-electron chi connectivity index (χ2n) is 3.63. The van der Waals surface area contributed by atoms with Gasteiger partial charge in [-0.05, 0) is 41.2 Å². The number of ether oxygens (including phenoxy) is 1. The highest BCUT2D eigenvalue weighted by Crippen LogP contribution is 2.26. The molecule has 0 saturated heterocycles. The van der Waals surface area contributed by atoms with Gasteiger partial charge in [0.15, 0.2) is 0 Å². The van der Waals surface area contributed by atoms with E-state index >= 15 is 0 Å². The van der Waals surface area contributed by atoms with Crippen molar-refractivity contribution in [1.82, 2.24) is 10.3 Å². The molecule has 2 rings (SSSR count). The molecule has 0 spiro atoms. The van der Waals surface area contributed by atoms with Crippen LogP contribution >= 0.6 is 27.3 Å². The number of hydrogen-bond acceptors (Lipinski definition) is 4. The van der Waals surface area contributed by atoms with Gasteiger partial charge >= 0.3 is 0 Å². The van der Waals surface area contributed by atoms with Gasteiger partial charge in [-0.2, -0.15) is 0 Å². The van der Waals surface area contributed by atoms with Crippen LogP contribution < -0.4 is 10.1 Å². The molecular weight excluding hydrogens is 319 g/mol. The van der Waals surface area contributed by atoms with Gasteiger partial charge < -0.3 is 10.1 Å². The monoisotopic (exact) mass is 330 g/mol. The minimum atomic E-state index is -0.292. The number of halogens is 2. The van der Waals surface area contributed by atoms with Gasteiger partial charge in [0.25, 0.3) is 0 Å². The first-order valence-corrected chi connectivity index (χ1v) is 7.02. The maximum atomic E-state index is 12.9. The van der Waals surface area contributed by atoms with Crippen LogP contribution in [0.15, 0.2) is 28.1 Å². The summed E-state index contributed by atoms with van der Waals surface area (Å²) in [7, 11) is 1.88. The Bertz CT molecular complexity index is 533. The summed E-state index contributed by atoms with van der Waals surface area (Å²) in [5, 5.41) is 6.03. The van der Waals surface area contributed by atoms with Crippen molar-refractivity contribution in [3.63, 3.8) is 0 Å². The second-order valence-corrected chi connectivity index (χ2v) is 5.42. The number of nitrogens with zero attached hydrogens (tertiary/aromatic N) is 1. The minimum Gasteiger partial charge on any atom is -0.486 e. The van der Waals surface area contributed by atoms with Crippen LogP contribution in [0.5, 0.6) is 5.75 Å². The molecule has 2 aromatic rings. The fourth-order valence-electron chi connectivity index (χ4n) is 1.39. The smallest absolute Gasteiger partial charge is 0.134 e. The molecule has 0 unspecified atom stereocenters. The van der Waals surface area contributed by atoms with E-state index in [9.17, 15) is 4.39 Å². The van der Waals surface area contributed by atoms with Gasteiger partial charge in [0.2, 0.25) is 0 Å². The largest absolute Gasteiger partial charge is 0.486 e. The number of hydrogen-bond donors (Lipinski definition) is 1. The summed E-state index contributed by atoms with van der Waals surface area (Å²) in [5.41, 5.74) is 0.876. The second kappa shape index (κ2) is 6.26. The lowest BCUT2D eigenvalue weighted by Gasteiger charge is -2.06. The molecule has 0 aliphatic carbocycles. The molecule has 0 amide bonds. The Kier molecular flexibility index (Phi) is 4.68. The highest BCUT2D eigenvalue weighted by molar-refractivity contribution is 9.10. The van der Waals surface area contributed by atoms with Crippen LogP contribution in [-0.2, 0) is 13.2 Å². The van der Waals surface area contributed by atoms with Gasteiger partial charge in [0.05, 0.1) is 10.2 Å². The van der Waals surface area contributed by atoms with E-state index in [1.165, 1.54) is 12.1 Å². The van der Waals surface area contributed by atoms with Gasteiger partial charge in [-0.15, -0.1) is 11.3 Å². The molecule has 0 radical (unpaired) electrons. The molecule has 0 atom stereocenters. The van der Waals surface area contributed by atoms with Gasteiger partial charge in [-0.25, -0.2) is 9.37 Å². The Balaban J connectivity index is 1.97. The van der Waals surface area contributed by atoms with Crippen LogP contribution in [-0.4, -0.2) is 12.0 Å². The molecule has 1 heterocycles. The molecule has 1 N–H and O–H groups in total. The molecular formula is C12H12BrFN2OS. The molecule has 1 aromatic carbocycles. The Hall–Kier alpha value is -0.980. The molecule has 0 bridgehead atoms. The molecule has 96 valence electrons. The van der Waals surface area contributed by atoms with E-state index in [-0.39, 0.29) is 5.82 Å². The number of rotatable bonds is 5. The summed E-state index contributed by atoms with van der Waals surface area (Å²) in [5.74, 6) is 0.318. The SMILES string of the molecule is CNCc1nc(COc2ccc(F)cc2Br)cs1. The fraction of sp³-hybridized carbons (Fsp3) is 0.250. The summed E-state index contributed by atoms with van der Waals surface area (Å²) in [6, 6.07) is 4.34. The molecule has 3 nitrogen and oxygen atoms in total. The van der Waals surface area contributed by atoms with Crippen molar-refractivity contribution in [2.24, 2.45) is 0 Å². The predicted octanol–water partition coefficient (Wildman–Crippen LogP) is 3.34. The predicted molar refractivity (Wildman–Crippen MR) is 73.3 cm³/mol. The third kappa shape index (κ3) is 3.51. The topological polar surface area (TPSA) is 34.2 Å². The first-order chi connectivity index (χ1) is 8.69. The molecule has 1 aromatic heterocycles. The van der Waals surface area contributed by atoms with Crippen LogP contribution in [0.25, 0.3) is 0 Å². The Labute approximate surface area is 117 Å². The fourth-order valence-corrected chi connectivity index (χ4v) is 2.65. The molecule has 0 aliphatic rings. The number of benzene rings is 1. The summed E-state index contributed by atoms with van der Waals surface area (Å²) >= 11 is 4.85. The lowest BCUT2D eigenvalue weighted by atomic mass is 10.3. The Morgan fingerprint density at radius 1 is 1.50 bits per heavy atom. The lowest BCUT2D eigenvalue weighted by molar-refractivity contribution is 0.299. The lowest BCUT2D eigenvalue weighted by Crippen LogP contribution is -2.05. The average Bonchev–Trinajstić information content (AvgIpc) is 2.76. The van der Waals surface area contributed by atoms with Gasteiger partial charge in [-0.3, -0.25) is 0 Å². The number of aromatic nitrogens is 1. The van der Waals surface area contributed by atoms with Crippen LogP contribution in [0.1, 0.15) is 10.7 Å². The van der Waals surface area contributed by atoms with Crippen molar-refractivity contribution in [2.45, 2.75) is 13.2 Å². The highest BCUT2D eigenvalue weighted by atomic mass is 79.9. The molecule has 0 aliphatic heterocycles. The molecule has 6 heteroatoms. The third-order valence-electron chi connectivity index (χ3n) is 2.20. The summed E-state index contributed by atoms with van der Waals surface area (Å²) in [4.78, 5) is 4.40. The van der Waals surface area contributed by atoms with Gasteiger partial charge in [0, 0.05) is 11.9 Å². The summed E-state index contributed by atoms with van der Waals surface area (Å²) < 4.78 is 19.1. The van der Waals surface area contributed by atoms with Crippen LogP contribution in [0.2, 0.25) is 0 Å². The van der Waals surface area contributed by atoms with Gasteiger partial charge in [0.1, 0.15) is 23.2 Å². The third-order valence-corrected chi connectivity index (χ3v) is 3.71. The van der Waals surface area contributed by atoms with Crippen LogP contribution in [0.3, 0.4) is 0 Å². The summed E-state index contributed by atoms with van der Waals surface area (Å²) in [6.07, 6.45) is 0. The molecule has 18 heavy (non-hydrogen) atoms. The standard InChI is InChI=1S/C12H12BrFN2OS/c1-15-5-12-16-9(7-18-12)6-17-11-3-2-8(14)4-10(11)13/h2-4,7,15H,5-6H2,1H3. The summed E-state index contributed by atoms with van der Waals surface area (Å²) in [6.45, 7) is 1.13. The maximum Gasteiger partial charge on any atom is 0.134 e. The van der Waals surface area contributed by atoms with E-state index in [4.69, 9.17) is 4.74 Å². The zero-order valence-electron chi connectivity index (χ0n) is 9.74. The number of thiazole rings is 1. The number of nitrogens with one attached hydrogen (secondary N) is 1. The molecule has 0 fully saturated rings. The van der Waals surface area contributed by atoms with Crippen molar-refractivity contribution >= 4 is 27.3 Å². The van der Waals surface area contributed by atoms with Gasteiger partial charge in [-0.1, -0.05) is 0 Å². The van der Waals surface area contributed by atoms with Crippen molar-refractivity contribution in [3.8, 4) is 5.75 Å². The van der Waals surface area contributed by atoms with E-state index in [1.807, 2.05) is 12.4 Å². The quantitative estimate of drug-likeness (QED) is 0.912. The first-order valence-electron chi connectivity index (χ1n) is 5.35. The highest BCUT2D eigenvalue weighted by Gasteiger charge is 2.05. The first kappa shape index (κ1) is 13.5. The van der Waals surface area contributed by atoms with E-state index < -0.39 is 0 Å². The maximum absolute atomic E-state index is 12.9. The van der Waals surface area contributed by atoms with E-state index in [1.54, 1.807) is 17.4 Å². The zero-order chi connectivity index (χ0) is 13.0. The van der Waals surface area contributed by atoms with E-state index in [2.05, 4.69) is 26.2 Å².